The van der Waals surface area contributed by atoms with Gasteiger partial charge in [-0.2, -0.15) is 0 Å². The minimum atomic E-state index is -1.61. The van der Waals surface area contributed by atoms with Crippen LogP contribution in [0.2, 0.25) is 0 Å². The van der Waals surface area contributed by atoms with Crippen molar-refractivity contribution in [1.82, 2.24) is 0 Å². The molecule has 0 aromatic heterocycles. The van der Waals surface area contributed by atoms with E-state index < -0.39 is 5.43 Å². The summed E-state index contributed by atoms with van der Waals surface area (Å²) in [6.45, 7) is 2.51. The Labute approximate surface area is 107 Å². The van der Waals surface area contributed by atoms with E-state index in [2.05, 4.69) is 42.8 Å². The van der Waals surface area contributed by atoms with Gasteiger partial charge in [0.25, 0.3) is 0 Å². The van der Waals surface area contributed by atoms with Gasteiger partial charge in [0.15, 0.2) is 0 Å². The Morgan fingerprint density at radius 1 is 1.35 bits per heavy atom. The third-order valence-corrected chi connectivity index (χ3v) is 2.39. The highest BCUT2D eigenvalue weighted by Crippen LogP contribution is 2.11. The Morgan fingerprint density at radius 3 is 2.35 bits per heavy atom. The van der Waals surface area contributed by atoms with Crippen molar-refractivity contribution in [3.05, 3.63) is 35.9 Å². The Balaban J connectivity index is 0.000000557. The third-order valence-electron chi connectivity index (χ3n) is 2.39. The molecule has 1 rings (SSSR count). The van der Waals surface area contributed by atoms with Crippen LogP contribution in [0.4, 0.5) is 4.79 Å². The lowest BCUT2D eigenvalue weighted by atomic mass is 9.99. The lowest BCUT2D eigenvalue weighted by molar-refractivity contribution is -0.233. The van der Waals surface area contributed by atoms with Crippen molar-refractivity contribution in [3.8, 4) is 0 Å². The summed E-state index contributed by atoms with van der Waals surface area (Å²) in [5.41, 5.74) is -0.215. The summed E-state index contributed by atoms with van der Waals surface area (Å²) in [4.78, 5) is 8.65. The summed E-state index contributed by atoms with van der Waals surface area (Å²) in [6.07, 6.45) is 3.22. The molecule has 0 saturated heterocycles. The maximum absolute atomic E-state index is 8.73. The number of carboxylic acid groups (broad SMARTS) is 1. The monoisotopic (exact) mass is 257 g/mol. The molecular formula is C13H18ClO3-. The lowest BCUT2D eigenvalue weighted by Gasteiger charge is -2.08. The predicted octanol–water partition coefficient (Wildman–Crippen LogP) is 2.21. The van der Waals surface area contributed by atoms with Crippen LogP contribution in [0.3, 0.4) is 0 Å². The maximum Gasteiger partial charge on any atom is 0.134 e. The first-order valence-electron chi connectivity index (χ1n) is 5.57. The van der Waals surface area contributed by atoms with E-state index >= 15 is 0 Å². The number of benzene rings is 1. The third kappa shape index (κ3) is 11.2. The van der Waals surface area contributed by atoms with Gasteiger partial charge in [-0.3, -0.25) is 0 Å². The van der Waals surface area contributed by atoms with E-state index in [1.165, 1.54) is 12.0 Å². The van der Waals surface area contributed by atoms with Crippen molar-refractivity contribution in [2.45, 2.75) is 26.2 Å². The molecule has 4 heteroatoms. The topological polar surface area (TPSA) is 60.4 Å². The van der Waals surface area contributed by atoms with Crippen LogP contribution in [0.25, 0.3) is 0 Å². The summed E-state index contributed by atoms with van der Waals surface area (Å²) in [5.74, 6) is 0.630. The molecule has 1 atom stereocenters. The summed E-state index contributed by atoms with van der Waals surface area (Å²) in [7, 11) is 0. The molecule has 0 amide bonds. The molecule has 0 radical (unpaired) electrons. The molecule has 1 aromatic rings. The zero-order valence-electron chi connectivity index (χ0n) is 9.93. The predicted molar refractivity (Wildman–Crippen MR) is 66.9 cm³/mol. The van der Waals surface area contributed by atoms with Crippen LogP contribution < -0.4 is 5.11 Å². The average Bonchev–Trinajstić information content (AvgIpc) is 2.27. The van der Waals surface area contributed by atoms with E-state index in [4.69, 9.17) is 15.0 Å². The maximum atomic E-state index is 8.73. The fourth-order valence-electron chi connectivity index (χ4n) is 1.42. The number of aliphatic hydroxyl groups excluding tert-OH is 1. The van der Waals surface area contributed by atoms with Crippen molar-refractivity contribution in [2.24, 2.45) is 5.92 Å². The van der Waals surface area contributed by atoms with Crippen molar-refractivity contribution in [2.75, 3.05) is 6.61 Å². The standard InChI is InChI=1S/C12H18O.CHClO2/c1-11(9-10-13)7-8-12-5-3-2-4-6-12;2-1(3)4/h2-6,11,13H,7-10H2,1H3;(H,3,4)/p-1. The van der Waals surface area contributed by atoms with Crippen LogP contribution >= 0.6 is 11.6 Å². The molecule has 0 aliphatic carbocycles. The first kappa shape index (κ1) is 15.9. The van der Waals surface area contributed by atoms with Gasteiger partial charge in [-0.15, -0.1) is 0 Å². The fourth-order valence-corrected chi connectivity index (χ4v) is 1.42. The average molecular weight is 258 g/mol. The second kappa shape index (κ2) is 10.1. The molecule has 1 N–H and O–H groups in total. The molecule has 0 heterocycles. The normalized spacial score (nSPS) is 11.2. The molecular weight excluding hydrogens is 240 g/mol. The minimum Gasteiger partial charge on any atom is -0.534 e. The highest BCUT2D eigenvalue weighted by molar-refractivity contribution is 6.59. The first-order chi connectivity index (χ1) is 8.06. The quantitative estimate of drug-likeness (QED) is 0.823. The van der Waals surface area contributed by atoms with Crippen LogP contribution in [-0.4, -0.2) is 17.1 Å². The van der Waals surface area contributed by atoms with Crippen LogP contribution in [0, 0.1) is 5.92 Å². The highest BCUT2D eigenvalue weighted by Gasteiger charge is 2.00. The molecule has 0 aliphatic rings. The Hall–Kier alpha value is -1.06. The summed E-state index contributed by atoms with van der Waals surface area (Å²) < 4.78 is 0. The zero-order valence-corrected chi connectivity index (χ0v) is 10.7. The van der Waals surface area contributed by atoms with Gasteiger partial charge in [-0.05, 0) is 30.7 Å². The van der Waals surface area contributed by atoms with Gasteiger partial charge in [0.1, 0.15) is 5.43 Å². The second-order valence-corrected chi connectivity index (χ2v) is 4.19. The Morgan fingerprint density at radius 2 is 1.88 bits per heavy atom. The SMILES string of the molecule is CC(CCO)CCc1ccccc1.O=C([O-])Cl. The number of carbonyl (C=O) groups excluding carboxylic acids is 1. The van der Waals surface area contributed by atoms with Crippen molar-refractivity contribution in [3.63, 3.8) is 0 Å². The van der Waals surface area contributed by atoms with Crippen molar-refractivity contribution >= 4 is 17.0 Å². The number of aryl methyl sites for hydroxylation is 1. The number of carbonyl (C=O) groups is 1. The van der Waals surface area contributed by atoms with Gasteiger partial charge in [-0.25, -0.2) is 0 Å². The second-order valence-electron chi connectivity index (χ2n) is 3.88. The van der Waals surface area contributed by atoms with Crippen LogP contribution in [0.15, 0.2) is 30.3 Å². The van der Waals surface area contributed by atoms with E-state index in [0.29, 0.717) is 12.5 Å². The summed E-state index contributed by atoms with van der Waals surface area (Å²) in [5, 5.41) is 17.4. The molecule has 0 fully saturated rings. The van der Waals surface area contributed by atoms with Crippen molar-refractivity contribution < 1.29 is 15.0 Å². The smallest absolute Gasteiger partial charge is 0.134 e. The van der Waals surface area contributed by atoms with Crippen LogP contribution in [0.1, 0.15) is 25.3 Å². The molecule has 3 nitrogen and oxygen atoms in total. The number of aliphatic hydroxyl groups is 1. The number of hydrogen-bond acceptors (Lipinski definition) is 3. The number of hydrogen-bond donors (Lipinski definition) is 1. The summed E-state index contributed by atoms with van der Waals surface area (Å²) >= 11 is 4.08. The van der Waals surface area contributed by atoms with Gasteiger partial charge < -0.3 is 15.0 Å². The minimum absolute atomic E-state index is 0.315. The molecule has 0 saturated carbocycles. The van der Waals surface area contributed by atoms with E-state index in [0.717, 1.165) is 12.8 Å². The Bertz CT molecular complexity index is 297. The van der Waals surface area contributed by atoms with E-state index in [1.54, 1.807) is 0 Å². The van der Waals surface area contributed by atoms with Gasteiger partial charge in [0.05, 0.1) is 0 Å². The van der Waals surface area contributed by atoms with E-state index in [-0.39, 0.29) is 0 Å². The van der Waals surface area contributed by atoms with Gasteiger partial charge in [0, 0.05) is 6.61 Å². The largest absolute Gasteiger partial charge is 0.534 e. The zero-order chi connectivity index (χ0) is 13.1. The van der Waals surface area contributed by atoms with Crippen LogP contribution in [-0.2, 0) is 6.42 Å². The van der Waals surface area contributed by atoms with Gasteiger partial charge >= 0.3 is 0 Å². The first-order valence-corrected chi connectivity index (χ1v) is 5.95. The lowest BCUT2D eigenvalue weighted by Crippen LogP contribution is -2.11. The number of halogens is 1. The molecule has 17 heavy (non-hydrogen) atoms. The van der Waals surface area contributed by atoms with E-state index in [9.17, 15) is 0 Å². The molecule has 0 bridgehead atoms. The molecule has 96 valence electrons. The van der Waals surface area contributed by atoms with E-state index in [1.807, 2.05) is 6.07 Å². The molecule has 1 unspecified atom stereocenters. The van der Waals surface area contributed by atoms with Gasteiger partial charge in [-0.1, -0.05) is 48.9 Å². The van der Waals surface area contributed by atoms with Gasteiger partial charge in [0.2, 0.25) is 0 Å². The number of rotatable bonds is 5. The molecule has 0 aliphatic heterocycles. The molecule has 1 aromatic carbocycles. The fraction of sp³-hybridized carbons (Fsp3) is 0.462. The highest BCUT2D eigenvalue weighted by atomic mass is 35.5. The van der Waals surface area contributed by atoms with Crippen LogP contribution in [0.5, 0.6) is 0 Å². The Kier molecular flexibility index (Phi) is 9.49. The summed E-state index contributed by atoms with van der Waals surface area (Å²) in [6, 6.07) is 10.5. The molecule has 0 spiro atoms. The van der Waals surface area contributed by atoms with Crippen molar-refractivity contribution in [1.29, 1.82) is 0 Å².